The summed E-state index contributed by atoms with van der Waals surface area (Å²) in [5.74, 6) is 0.0247. The number of aromatic amines is 1. The maximum absolute atomic E-state index is 12.8. The van der Waals surface area contributed by atoms with Crippen molar-refractivity contribution in [1.82, 2.24) is 19.7 Å². The second-order valence-corrected chi connectivity index (χ2v) is 6.91. The summed E-state index contributed by atoms with van der Waals surface area (Å²) in [5, 5.41) is 13.5. The lowest BCUT2D eigenvalue weighted by molar-refractivity contribution is 0.0687. The van der Waals surface area contributed by atoms with Gasteiger partial charge in [-0.2, -0.15) is 0 Å². The first kappa shape index (κ1) is 17.2. The number of pyridine rings is 1. The fraction of sp³-hybridized carbons (Fsp3) is 0.200. The molecule has 29 heavy (non-hydrogen) atoms. The molecule has 0 saturated heterocycles. The summed E-state index contributed by atoms with van der Waals surface area (Å²) in [5.41, 5.74) is 3.44. The number of carboxylic acid groups (broad SMARTS) is 1. The minimum Gasteiger partial charge on any atom is -0.488 e. The zero-order valence-electron chi connectivity index (χ0n) is 15.6. The van der Waals surface area contributed by atoms with Crippen molar-refractivity contribution in [2.24, 2.45) is 0 Å². The van der Waals surface area contributed by atoms with Crippen LogP contribution in [-0.2, 0) is 0 Å². The molecule has 9 heteroatoms. The van der Waals surface area contributed by atoms with Crippen molar-refractivity contribution in [1.29, 1.82) is 0 Å². The Morgan fingerprint density at radius 2 is 2.14 bits per heavy atom. The molecule has 0 saturated carbocycles. The topological polar surface area (TPSA) is 123 Å². The Kier molecular flexibility index (Phi) is 3.60. The summed E-state index contributed by atoms with van der Waals surface area (Å²) in [7, 11) is 0. The molecule has 3 aromatic heterocycles. The normalized spacial score (nSPS) is 15.4. The third kappa shape index (κ3) is 2.40. The number of rotatable bonds is 3. The van der Waals surface area contributed by atoms with Crippen molar-refractivity contribution >= 4 is 17.0 Å². The number of aromatic carboxylic acids is 1. The molecular weight excluding hydrogens is 376 g/mol. The van der Waals surface area contributed by atoms with Crippen molar-refractivity contribution in [3.63, 3.8) is 0 Å². The number of carboxylic acids is 1. The van der Waals surface area contributed by atoms with E-state index in [1.54, 1.807) is 22.8 Å². The number of hydrogen-bond acceptors (Lipinski definition) is 6. The van der Waals surface area contributed by atoms with E-state index in [-0.39, 0.29) is 18.0 Å². The summed E-state index contributed by atoms with van der Waals surface area (Å²) in [6.45, 7) is 3.75. The second kappa shape index (κ2) is 6.06. The zero-order chi connectivity index (χ0) is 20.3. The fourth-order valence-electron chi connectivity index (χ4n) is 4.03. The predicted molar refractivity (Wildman–Crippen MR) is 102 cm³/mol. The molecule has 5 rings (SSSR count). The molecule has 146 valence electrons. The highest BCUT2D eigenvalue weighted by Gasteiger charge is 2.32. The third-order valence-corrected chi connectivity index (χ3v) is 5.23. The number of H-pyrrole nitrogens is 1. The molecule has 0 spiro atoms. The largest absolute Gasteiger partial charge is 0.488 e. The van der Waals surface area contributed by atoms with E-state index in [9.17, 15) is 14.7 Å². The second-order valence-electron chi connectivity index (χ2n) is 6.91. The van der Waals surface area contributed by atoms with E-state index in [0.29, 0.717) is 33.8 Å². The van der Waals surface area contributed by atoms with Crippen LogP contribution >= 0.6 is 0 Å². The first-order chi connectivity index (χ1) is 14.0. The van der Waals surface area contributed by atoms with Crippen LogP contribution in [-0.4, -0.2) is 37.4 Å². The molecule has 2 N–H and O–H groups in total. The highest BCUT2D eigenvalue weighted by molar-refractivity contribution is 5.93. The average Bonchev–Trinajstić information content (AvgIpc) is 3.23. The lowest BCUT2D eigenvalue weighted by Gasteiger charge is -2.27. The van der Waals surface area contributed by atoms with Crippen molar-refractivity contribution in [2.45, 2.75) is 19.9 Å². The summed E-state index contributed by atoms with van der Waals surface area (Å²) in [6, 6.07) is 6.33. The molecule has 1 atom stereocenters. The number of benzene rings is 1. The van der Waals surface area contributed by atoms with Gasteiger partial charge in [0.25, 0.3) is 0 Å². The molecule has 1 unspecified atom stereocenters. The Labute approximate surface area is 163 Å². The Balaban J connectivity index is 1.80. The lowest BCUT2D eigenvalue weighted by atomic mass is 9.99. The molecule has 0 fully saturated rings. The van der Waals surface area contributed by atoms with Crippen LogP contribution in [0.1, 0.15) is 33.5 Å². The number of nitrogens with zero attached hydrogens (tertiary/aromatic N) is 3. The third-order valence-electron chi connectivity index (χ3n) is 5.23. The van der Waals surface area contributed by atoms with E-state index in [1.807, 2.05) is 19.9 Å². The van der Waals surface area contributed by atoms with E-state index < -0.39 is 12.0 Å². The number of hydrogen-bond donors (Lipinski definition) is 2. The Hall–Kier alpha value is -3.88. The van der Waals surface area contributed by atoms with Crippen molar-refractivity contribution in [3.8, 4) is 16.9 Å². The minimum absolute atomic E-state index is 0.0895. The van der Waals surface area contributed by atoms with Gasteiger partial charge >= 0.3 is 11.7 Å². The van der Waals surface area contributed by atoms with Crippen LogP contribution in [0.25, 0.3) is 22.2 Å². The number of aryl methyl sites for hydroxylation is 2. The van der Waals surface area contributed by atoms with Gasteiger partial charge in [0.05, 0.1) is 16.8 Å². The monoisotopic (exact) mass is 392 g/mol. The quantitative estimate of drug-likeness (QED) is 0.549. The molecular formula is C20H16N4O5. The SMILES string of the molecule is Cc1noc(C)c1-c1ccc2[nH]c(=O)n3c2c1OCC3c1cccnc1C(=O)O. The number of nitrogens with one attached hydrogen (secondary N) is 1. The molecule has 1 aliphatic rings. The van der Waals surface area contributed by atoms with Gasteiger partial charge in [-0.05, 0) is 32.0 Å². The van der Waals surface area contributed by atoms with E-state index in [2.05, 4.69) is 15.1 Å². The Morgan fingerprint density at radius 1 is 1.31 bits per heavy atom. The maximum atomic E-state index is 12.8. The molecule has 9 nitrogen and oxygen atoms in total. The van der Waals surface area contributed by atoms with Crippen LogP contribution in [0.5, 0.6) is 5.75 Å². The van der Waals surface area contributed by atoms with Crippen molar-refractivity contribution < 1.29 is 19.2 Å². The van der Waals surface area contributed by atoms with E-state index in [4.69, 9.17) is 9.26 Å². The molecule has 0 aliphatic carbocycles. The van der Waals surface area contributed by atoms with Crippen LogP contribution in [0.15, 0.2) is 39.8 Å². The zero-order valence-corrected chi connectivity index (χ0v) is 15.6. The molecule has 4 aromatic rings. The fourth-order valence-corrected chi connectivity index (χ4v) is 4.03. The number of imidazole rings is 1. The molecule has 0 amide bonds. The van der Waals surface area contributed by atoms with Gasteiger partial charge in [-0.25, -0.2) is 14.6 Å². The highest BCUT2D eigenvalue weighted by atomic mass is 16.5. The first-order valence-electron chi connectivity index (χ1n) is 8.99. The molecule has 1 aromatic carbocycles. The van der Waals surface area contributed by atoms with Gasteiger partial charge in [0, 0.05) is 17.3 Å². The van der Waals surface area contributed by atoms with Gasteiger partial charge < -0.3 is 19.4 Å². The van der Waals surface area contributed by atoms with Gasteiger partial charge in [0.1, 0.15) is 23.9 Å². The minimum atomic E-state index is -1.16. The molecule has 0 bridgehead atoms. The van der Waals surface area contributed by atoms with Crippen LogP contribution in [0.3, 0.4) is 0 Å². The summed E-state index contributed by atoms with van der Waals surface area (Å²) in [6.07, 6.45) is 1.41. The van der Waals surface area contributed by atoms with Gasteiger partial charge in [0.2, 0.25) is 0 Å². The van der Waals surface area contributed by atoms with Crippen molar-refractivity contribution in [2.75, 3.05) is 6.61 Å². The number of ether oxygens (including phenoxy) is 1. The number of carbonyl (C=O) groups is 1. The average molecular weight is 392 g/mol. The highest BCUT2D eigenvalue weighted by Crippen LogP contribution is 2.43. The van der Waals surface area contributed by atoms with Crippen LogP contribution in [0.2, 0.25) is 0 Å². The van der Waals surface area contributed by atoms with E-state index in [1.165, 1.54) is 6.20 Å². The predicted octanol–water partition coefficient (Wildman–Crippen LogP) is 2.68. The van der Waals surface area contributed by atoms with Crippen LogP contribution < -0.4 is 10.4 Å². The van der Waals surface area contributed by atoms with Crippen LogP contribution in [0.4, 0.5) is 0 Å². The summed E-state index contributed by atoms with van der Waals surface area (Å²) < 4.78 is 12.9. The summed E-state index contributed by atoms with van der Waals surface area (Å²) >= 11 is 0. The maximum Gasteiger partial charge on any atom is 0.354 e. The number of aromatic nitrogens is 4. The van der Waals surface area contributed by atoms with E-state index in [0.717, 1.165) is 11.1 Å². The van der Waals surface area contributed by atoms with Crippen molar-refractivity contribution in [3.05, 3.63) is 63.7 Å². The first-order valence-corrected chi connectivity index (χ1v) is 8.99. The van der Waals surface area contributed by atoms with Gasteiger partial charge in [-0.15, -0.1) is 0 Å². The van der Waals surface area contributed by atoms with Gasteiger partial charge in [-0.3, -0.25) is 4.57 Å². The van der Waals surface area contributed by atoms with E-state index >= 15 is 0 Å². The molecule has 1 aliphatic heterocycles. The smallest absolute Gasteiger partial charge is 0.354 e. The lowest BCUT2D eigenvalue weighted by Crippen LogP contribution is -2.32. The summed E-state index contributed by atoms with van der Waals surface area (Å²) in [4.78, 5) is 31.2. The Morgan fingerprint density at radius 3 is 2.86 bits per heavy atom. The van der Waals surface area contributed by atoms with Gasteiger partial charge in [0.15, 0.2) is 11.4 Å². The standard InChI is InChI=1S/C20H16N4O5/c1-9-15(10(2)29-23-9)12-5-6-13-17-18(12)28-8-14(24(17)20(27)22-13)11-4-3-7-21-16(11)19(25)26/h3-7,14H,8H2,1-2H3,(H,22,27)(H,25,26). The molecule has 4 heterocycles. The van der Waals surface area contributed by atoms with Gasteiger partial charge in [-0.1, -0.05) is 11.2 Å². The van der Waals surface area contributed by atoms with Crippen LogP contribution in [0, 0.1) is 13.8 Å². The Bertz CT molecular complexity index is 1330. The molecule has 0 radical (unpaired) electrons.